The molecule has 2 aromatic carbocycles. The first kappa shape index (κ1) is 18.2. The van der Waals surface area contributed by atoms with Gasteiger partial charge in [0.25, 0.3) is 5.69 Å². The topological polar surface area (TPSA) is 73.6 Å². The molecule has 2 aliphatic heterocycles. The third-order valence-electron chi connectivity index (χ3n) is 6.27. The zero-order valence-electron chi connectivity index (χ0n) is 16.1. The van der Waals surface area contributed by atoms with Crippen LogP contribution in [0.5, 0.6) is 5.75 Å². The Bertz CT molecular complexity index is 934. The van der Waals surface area contributed by atoms with Gasteiger partial charge in [-0.1, -0.05) is 36.4 Å². The van der Waals surface area contributed by atoms with E-state index in [0.717, 1.165) is 42.9 Å². The molecule has 1 N–H and O–H groups in total. The Morgan fingerprint density at radius 3 is 2.83 bits per heavy atom. The van der Waals surface area contributed by atoms with Crippen LogP contribution < -0.4 is 10.1 Å². The second-order valence-electron chi connectivity index (χ2n) is 7.99. The third-order valence-corrected chi connectivity index (χ3v) is 6.27. The maximum Gasteiger partial charge on any atom is 0.269 e. The summed E-state index contributed by atoms with van der Waals surface area (Å²) in [7, 11) is 0. The van der Waals surface area contributed by atoms with E-state index in [1.807, 2.05) is 18.2 Å². The molecule has 4 unspecified atom stereocenters. The van der Waals surface area contributed by atoms with Crippen molar-refractivity contribution in [2.75, 3.05) is 18.5 Å². The SMILES string of the molecule is O=[N+]([O-])c1ccc(C2Nc3c(OCC4CCCO4)cccc3C3C=CCC32)cc1. The second-order valence-corrected chi connectivity index (χ2v) is 7.99. The first-order valence-electron chi connectivity index (χ1n) is 10.3. The van der Waals surface area contributed by atoms with Crippen molar-refractivity contribution in [1.82, 2.24) is 0 Å². The number of non-ortho nitro benzene ring substituents is 1. The number of anilines is 1. The highest BCUT2D eigenvalue weighted by molar-refractivity contribution is 5.67. The number of hydrogen-bond donors (Lipinski definition) is 1. The Balaban J connectivity index is 1.45. The molecule has 6 heteroatoms. The molecule has 0 saturated carbocycles. The van der Waals surface area contributed by atoms with Crippen LogP contribution in [0, 0.1) is 16.0 Å². The largest absolute Gasteiger partial charge is 0.489 e. The van der Waals surface area contributed by atoms with Gasteiger partial charge >= 0.3 is 0 Å². The highest BCUT2D eigenvalue weighted by Gasteiger charge is 2.39. The summed E-state index contributed by atoms with van der Waals surface area (Å²) in [5, 5.41) is 14.7. The van der Waals surface area contributed by atoms with E-state index in [-0.39, 0.29) is 22.8 Å². The van der Waals surface area contributed by atoms with Crippen molar-refractivity contribution in [3.8, 4) is 5.75 Å². The minimum Gasteiger partial charge on any atom is -0.489 e. The Morgan fingerprint density at radius 1 is 1.21 bits per heavy atom. The number of fused-ring (bicyclic) bond motifs is 3. The lowest BCUT2D eigenvalue weighted by Crippen LogP contribution is -2.29. The molecule has 3 aliphatic rings. The molecule has 0 amide bonds. The van der Waals surface area contributed by atoms with Gasteiger partial charge in [-0.25, -0.2) is 0 Å². The average molecular weight is 392 g/mol. The van der Waals surface area contributed by atoms with E-state index >= 15 is 0 Å². The number of para-hydroxylation sites is 1. The lowest BCUT2D eigenvalue weighted by molar-refractivity contribution is -0.384. The summed E-state index contributed by atoms with van der Waals surface area (Å²) in [6.45, 7) is 1.38. The number of ether oxygens (including phenoxy) is 2. The predicted octanol–water partition coefficient (Wildman–Crippen LogP) is 4.98. The fourth-order valence-electron chi connectivity index (χ4n) is 4.80. The van der Waals surface area contributed by atoms with E-state index in [0.29, 0.717) is 18.4 Å². The minimum absolute atomic E-state index is 0.0794. The molecular formula is C23H24N2O4. The van der Waals surface area contributed by atoms with Gasteiger partial charge in [-0.05, 0) is 42.4 Å². The molecule has 5 rings (SSSR count). The van der Waals surface area contributed by atoms with Crippen LogP contribution in [0.2, 0.25) is 0 Å². The van der Waals surface area contributed by atoms with Gasteiger partial charge in [0.05, 0.1) is 22.8 Å². The Labute approximate surface area is 169 Å². The molecule has 0 bridgehead atoms. The van der Waals surface area contributed by atoms with Crippen molar-refractivity contribution in [3.05, 3.63) is 75.9 Å². The summed E-state index contributed by atoms with van der Waals surface area (Å²) < 4.78 is 11.9. The van der Waals surface area contributed by atoms with Crippen LogP contribution in [0.1, 0.15) is 42.3 Å². The maximum absolute atomic E-state index is 11.0. The number of nitro benzene ring substituents is 1. The molecule has 0 aromatic heterocycles. The van der Waals surface area contributed by atoms with Crippen LogP contribution in [-0.2, 0) is 4.74 Å². The molecule has 1 saturated heterocycles. The van der Waals surface area contributed by atoms with Gasteiger partial charge in [0.15, 0.2) is 0 Å². The molecule has 1 fully saturated rings. The van der Waals surface area contributed by atoms with Gasteiger partial charge < -0.3 is 14.8 Å². The predicted molar refractivity (Wildman–Crippen MR) is 110 cm³/mol. The van der Waals surface area contributed by atoms with Crippen LogP contribution in [-0.4, -0.2) is 24.2 Å². The van der Waals surface area contributed by atoms with Crippen LogP contribution in [0.25, 0.3) is 0 Å². The molecule has 29 heavy (non-hydrogen) atoms. The highest BCUT2D eigenvalue weighted by Crippen LogP contribution is 2.52. The third kappa shape index (κ3) is 3.38. The molecule has 4 atom stereocenters. The van der Waals surface area contributed by atoms with Crippen molar-refractivity contribution in [2.45, 2.75) is 37.3 Å². The van der Waals surface area contributed by atoms with E-state index in [2.05, 4.69) is 29.6 Å². The van der Waals surface area contributed by atoms with Crippen molar-refractivity contribution in [2.24, 2.45) is 5.92 Å². The highest BCUT2D eigenvalue weighted by atomic mass is 16.6. The standard InChI is InChI=1S/C23H24N2O4/c26-25(27)16-11-9-15(10-12-16)22-19-6-1-5-18(19)20-7-2-8-21(23(20)24-22)29-14-17-4-3-13-28-17/h1-2,5,7-12,17-19,22,24H,3-4,6,13-14H2. The number of nitrogens with zero attached hydrogens (tertiary/aromatic N) is 1. The van der Waals surface area contributed by atoms with E-state index in [4.69, 9.17) is 9.47 Å². The van der Waals surface area contributed by atoms with Gasteiger partial charge in [0.2, 0.25) is 0 Å². The van der Waals surface area contributed by atoms with Crippen molar-refractivity contribution >= 4 is 11.4 Å². The number of nitro groups is 1. The lowest BCUT2D eigenvalue weighted by Gasteiger charge is -2.38. The van der Waals surface area contributed by atoms with Crippen molar-refractivity contribution in [3.63, 3.8) is 0 Å². The molecule has 0 radical (unpaired) electrons. The van der Waals surface area contributed by atoms with Crippen LogP contribution in [0.15, 0.2) is 54.6 Å². The van der Waals surface area contributed by atoms with E-state index in [1.165, 1.54) is 5.56 Å². The summed E-state index contributed by atoms with van der Waals surface area (Å²) in [6.07, 6.45) is 7.81. The van der Waals surface area contributed by atoms with Crippen molar-refractivity contribution < 1.29 is 14.4 Å². The lowest BCUT2D eigenvalue weighted by atomic mass is 9.77. The maximum atomic E-state index is 11.0. The number of hydrogen-bond acceptors (Lipinski definition) is 5. The molecule has 6 nitrogen and oxygen atoms in total. The Kier molecular flexibility index (Phi) is 4.72. The van der Waals surface area contributed by atoms with Gasteiger partial charge in [-0.15, -0.1) is 0 Å². The summed E-state index contributed by atoms with van der Waals surface area (Å²) in [4.78, 5) is 10.7. The smallest absolute Gasteiger partial charge is 0.269 e. The van der Waals surface area contributed by atoms with Gasteiger partial charge in [-0.3, -0.25) is 10.1 Å². The quantitative estimate of drug-likeness (QED) is 0.441. The molecule has 2 aromatic rings. The van der Waals surface area contributed by atoms with E-state index in [1.54, 1.807) is 12.1 Å². The monoisotopic (exact) mass is 392 g/mol. The first-order valence-corrected chi connectivity index (χ1v) is 10.3. The first-order chi connectivity index (χ1) is 14.2. The number of benzene rings is 2. The molecular weight excluding hydrogens is 368 g/mol. The number of rotatable bonds is 5. The zero-order chi connectivity index (χ0) is 19.8. The fraction of sp³-hybridized carbons (Fsp3) is 0.391. The van der Waals surface area contributed by atoms with Crippen LogP contribution in [0.3, 0.4) is 0 Å². The normalized spacial score (nSPS) is 27.2. The molecule has 150 valence electrons. The van der Waals surface area contributed by atoms with E-state index in [9.17, 15) is 10.1 Å². The Morgan fingerprint density at radius 2 is 2.07 bits per heavy atom. The average Bonchev–Trinajstić information content (AvgIpc) is 3.44. The molecule has 2 heterocycles. The summed E-state index contributed by atoms with van der Waals surface area (Å²) >= 11 is 0. The molecule has 1 aliphatic carbocycles. The van der Waals surface area contributed by atoms with Crippen LogP contribution in [0.4, 0.5) is 11.4 Å². The number of nitrogens with one attached hydrogen (secondary N) is 1. The van der Waals surface area contributed by atoms with Gasteiger partial charge in [0, 0.05) is 24.7 Å². The molecule has 0 spiro atoms. The second kappa shape index (κ2) is 7.52. The summed E-state index contributed by atoms with van der Waals surface area (Å²) in [5.74, 6) is 1.55. The number of allylic oxidation sites excluding steroid dienone is 2. The van der Waals surface area contributed by atoms with Crippen molar-refractivity contribution in [1.29, 1.82) is 0 Å². The fourth-order valence-corrected chi connectivity index (χ4v) is 4.80. The Hall–Kier alpha value is -2.86. The summed E-state index contributed by atoms with van der Waals surface area (Å²) in [6, 6.07) is 13.2. The van der Waals surface area contributed by atoms with E-state index < -0.39 is 0 Å². The van der Waals surface area contributed by atoms with Gasteiger partial charge in [-0.2, -0.15) is 0 Å². The zero-order valence-corrected chi connectivity index (χ0v) is 16.1. The minimum atomic E-state index is -0.357. The van der Waals surface area contributed by atoms with Crippen LogP contribution >= 0.6 is 0 Å². The summed E-state index contributed by atoms with van der Waals surface area (Å²) in [5.41, 5.74) is 3.47. The van der Waals surface area contributed by atoms with Gasteiger partial charge in [0.1, 0.15) is 12.4 Å².